The van der Waals surface area contributed by atoms with Gasteiger partial charge in [-0.3, -0.25) is 4.79 Å². The van der Waals surface area contributed by atoms with Crippen molar-refractivity contribution in [1.82, 2.24) is 10.2 Å². The molecule has 1 amide bonds. The number of aryl methyl sites for hydroxylation is 1. The summed E-state index contributed by atoms with van der Waals surface area (Å²) in [7, 11) is 0. The topological polar surface area (TPSA) is 35.6 Å². The molecule has 27 heavy (non-hydrogen) atoms. The van der Waals surface area contributed by atoms with Crippen LogP contribution in [0.1, 0.15) is 31.2 Å². The number of likely N-dealkylation sites (tertiary alicyclic amines) is 1. The maximum absolute atomic E-state index is 12.7. The number of amides is 1. The second kappa shape index (κ2) is 8.13. The Labute approximate surface area is 162 Å². The summed E-state index contributed by atoms with van der Waals surface area (Å²) in [5.74, 6) is 0.204. The highest BCUT2D eigenvalue weighted by atomic mass is 16.2. The number of carbonyl (C=O) groups is 1. The quantitative estimate of drug-likeness (QED) is 0.799. The predicted octanol–water partition coefficient (Wildman–Crippen LogP) is 3.44. The van der Waals surface area contributed by atoms with Crippen molar-refractivity contribution in [3.8, 4) is 0 Å². The van der Waals surface area contributed by atoms with Crippen LogP contribution in [0.2, 0.25) is 0 Å². The molecule has 4 nitrogen and oxygen atoms in total. The van der Waals surface area contributed by atoms with E-state index in [1.807, 2.05) is 18.2 Å². The Bertz CT molecular complexity index is 739. The van der Waals surface area contributed by atoms with Crippen LogP contribution in [-0.4, -0.2) is 42.6 Å². The fourth-order valence-corrected chi connectivity index (χ4v) is 4.49. The first-order chi connectivity index (χ1) is 13.3. The summed E-state index contributed by atoms with van der Waals surface area (Å²) in [5.41, 5.74) is 2.21. The molecule has 0 unspecified atom stereocenters. The molecule has 0 bridgehead atoms. The molecule has 2 saturated heterocycles. The van der Waals surface area contributed by atoms with Crippen LogP contribution in [0.3, 0.4) is 0 Å². The molecule has 0 radical (unpaired) electrons. The number of carbonyl (C=O) groups excluding carboxylic acids is 1. The van der Waals surface area contributed by atoms with Crippen molar-refractivity contribution >= 4 is 11.6 Å². The molecule has 2 aliphatic heterocycles. The minimum Gasteiger partial charge on any atom is -0.339 e. The first kappa shape index (κ1) is 18.1. The summed E-state index contributed by atoms with van der Waals surface area (Å²) >= 11 is 0. The van der Waals surface area contributed by atoms with Gasteiger partial charge in [-0.1, -0.05) is 48.5 Å². The molecule has 1 N–H and O–H groups in total. The van der Waals surface area contributed by atoms with Crippen LogP contribution in [0.15, 0.2) is 60.7 Å². The molecule has 0 saturated carbocycles. The highest BCUT2D eigenvalue weighted by Gasteiger charge is 2.50. The lowest BCUT2D eigenvalue weighted by Crippen LogP contribution is -2.56. The van der Waals surface area contributed by atoms with E-state index < -0.39 is 0 Å². The molecule has 2 aromatic rings. The first-order valence-corrected chi connectivity index (χ1v) is 10.2. The number of piperidine rings is 1. The number of benzene rings is 2. The fourth-order valence-electron chi connectivity index (χ4n) is 4.49. The van der Waals surface area contributed by atoms with Crippen LogP contribution in [0.5, 0.6) is 0 Å². The smallest absolute Gasteiger partial charge is 0.247 e. The second-order valence-electron chi connectivity index (χ2n) is 7.74. The lowest BCUT2D eigenvalue weighted by molar-refractivity contribution is -0.125. The fraction of sp³-hybridized carbons (Fsp3) is 0.435. The van der Waals surface area contributed by atoms with Gasteiger partial charge in [-0.15, -0.1) is 0 Å². The largest absolute Gasteiger partial charge is 0.339 e. The minimum absolute atomic E-state index is 0.204. The van der Waals surface area contributed by atoms with E-state index >= 15 is 0 Å². The maximum atomic E-state index is 12.7. The zero-order valence-electron chi connectivity index (χ0n) is 15.9. The van der Waals surface area contributed by atoms with Crippen molar-refractivity contribution in [2.45, 2.75) is 37.6 Å². The van der Waals surface area contributed by atoms with Crippen LogP contribution in [0.25, 0.3) is 0 Å². The van der Waals surface area contributed by atoms with E-state index in [2.05, 4.69) is 57.6 Å². The van der Waals surface area contributed by atoms with Crippen molar-refractivity contribution in [2.75, 3.05) is 31.2 Å². The standard InChI is InChI=1S/C23H29N3O/c27-22-23(26(19-24-22)21-12-5-2-6-13-21)14-17-25(18-15-23)16-8-7-11-20-9-3-1-4-10-20/h1-6,9-10,12-13H,7-8,11,14-19H2,(H,24,27). The van der Waals surface area contributed by atoms with Gasteiger partial charge in [0.15, 0.2) is 0 Å². The SMILES string of the molecule is O=C1NCN(c2ccccc2)C12CCN(CCCCc1ccccc1)CC2. The molecule has 2 fully saturated rings. The summed E-state index contributed by atoms with van der Waals surface area (Å²) in [4.78, 5) is 17.5. The van der Waals surface area contributed by atoms with Crippen LogP contribution in [0.4, 0.5) is 5.69 Å². The van der Waals surface area contributed by atoms with Crippen LogP contribution < -0.4 is 10.2 Å². The summed E-state index contributed by atoms with van der Waals surface area (Å²) in [6.45, 7) is 3.76. The highest BCUT2D eigenvalue weighted by Crippen LogP contribution is 2.36. The van der Waals surface area contributed by atoms with E-state index in [0.29, 0.717) is 6.67 Å². The summed E-state index contributed by atoms with van der Waals surface area (Å²) in [6.07, 6.45) is 5.42. The molecule has 0 atom stereocenters. The Morgan fingerprint density at radius 3 is 2.26 bits per heavy atom. The van der Waals surface area contributed by atoms with Crippen molar-refractivity contribution in [3.63, 3.8) is 0 Å². The van der Waals surface area contributed by atoms with E-state index in [1.165, 1.54) is 18.4 Å². The van der Waals surface area contributed by atoms with Crippen LogP contribution in [-0.2, 0) is 11.2 Å². The van der Waals surface area contributed by atoms with E-state index in [1.54, 1.807) is 0 Å². The van der Waals surface area contributed by atoms with E-state index in [9.17, 15) is 4.79 Å². The minimum atomic E-state index is -0.359. The van der Waals surface area contributed by atoms with Gasteiger partial charge >= 0.3 is 0 Å². The number of hydrogen-bond acceptors (Lipinski definition) is 3. The van der Waals surface area contributed by atoms with Crippen molar-refractivity contribution in [3.05, 3.63) is 66.2 Å². The molecule has 2 heterocycles. The molecular formula is C23H29N3O. The number of hydrogen-bond donors (Lipinski definition) is 1. The van der Waals surface area contributed by atoms with Gasteiger partial charge in [0.2, 0.25) is 5.91 Å². The van der Waals surface area contributed by atoms with E-state index in [4.69, 9.17) is 0 Å². The number of nitrogens with zero attached hydrogens (tertiary/aromatic N) is 2. The Morgan fingerprint density at radius 1 is 0.889 bits per heavy atom. The van der Waals surface area contributed by atoms with Gasteiger partial charge in [0, 0.05) is 18.8 Å². The van der Waals surface area contributed by atoms with Gasteiger partial charge in [0.25, 0.3) is 0 Å². The van der Waals surface area contributed by atoms with Gasteiger partial charge in [-0.25, -0.2) is 0 Å². The van der Waals surface area contributed by atoms with Crippen LogP contribution >= 0.6 is 0 Å². The zero-order chi connectivity index (χ0) is 18.5. The molecule has 2 aromatic carbocycles. The second-order valence-corrected chi connectivity index (χ2v) is 7.74. The summed E-state index contributed by atoms with van der Waals surface area (Å²) in [5, 5.41) is 3.08. The third-order valence-electron chi connectivity index (χ3n) is 6.12. The lowest BCUT2D eigenvalue weighted by Gasteiger charge is -2.43. The van der Waals surface area contributed by atoms with Gasteiger partial charge in [0.05, 0.1) is 6.67 Å². The van der Waals surface area contributed by atoms with Gasteiger partial charge in [-0.2, -0.15) is 0 Å². The number of unbranched alkanes of at least 4 members (excludes halogenated alkanes) is 1. The molecule has 0 aliphatic carbocycles. The van der Waals surface area contributed by atoms with Crippen LogP contribution in [0, 0.1) is 0 Å². The molecule has 4 rings (SSSR count). The average Bonchev–Trinajstić information content (AvgIpc) is 3.04. The number of para-hydroxylation sites is 1. The average molecular weight is 364 g/mol. The van der Waals surface area contributed by atoms with Crippen molar-refractivity contribution in [1.29, 1.82) is 0 Å². The summed E-state index contributed by atoms with van der Waals surface area (Å²) in [6, 6.07) is 21.1. The molecule has 0 aromatic heterocycles. The number of nitrogens with one attached hydrogen (secondary N) is 1. The Hall–Kier alpha value is -2.33. The normalized spacial score (nSPS) is 19.4. The lowest BCUT2D eigenvalue weighted by atomic mass is 9.85. The number of anilines is 1. The summed E-state index contributed by atoms with van der Waals surface area (Å²) < 4.78 is 0. The van der Waals surface area contributed by atoms with Gasteiger partial charge < -0.3 is 15.1 Å². The van der Waals surface area contributed by atoms with Crippen molar-refractivity contribution in [2.24, 2.45) is 0 Å². The molecule has 2 aliphatic rings. The Morgan fingerprint density at radius 2 is 1.56 bits per heavy atom. The molecular weight excluding hydrogens is 334 g/mol. The monoisotopic (exact) mass is 363 g/mol. The van der Waals surface area contributed by atoms with E-state index in [-0.39, 0.29) is 11.4 Å². The molecule has 4 heteroatoms. The number of rotatable bonds is 6. The molecule has 1 spiro atoms. The third kappa shape index (κ3) is 3.86. The van der Waals surface area contributed by atoms with Crippen molar-refractivity contribution < 1.29 is 4.79 Å². The van der Waals surface area contributed by atoms with Gasteiger partial charge in [-0.05, 0) is 56.3 Å². The molecule has 142 valence electrons. The third-order valence-corrected chi connectivity index (χ3v) is 6.12. The zero-order valence-corrected chi connectivity index (χ0v) is 15.9. The van der Waals surface area contributed by atoms with Gasteiger partial charge in [0.1, 0.15) is 5.54 Å². The first-order valence-electron chi connectivity index (χ1n) is 10.2. The predicted molar refractivity (Wildman–Crippen MR) is 110 cm³/mol. The highest BCUT2D eigenvalue weighted by molar-refractivity contribution is 5.93. The Kier molecular flexibility index (Phi) is 5.44. The van der Waals surface area contributed by atoms with E-state index in [0.717, 1.165) is 44.6 Å². The maximum Gasteiger partial charge on any atom is 0.247 e. The Balaban J connectivity index is 1.29.